The van der Waals surface area contributed by atoms with Crippen LogP contribution in [0.15, 0.2) is 11.6 Å². The molecule has 0 unspecified atom stereocenters. The predicted molar refractivity (Wildman–Crippen MR) is 116 cm³/mol. The fourth-order valence-corrected chi connectivity index (χ4v) is 8.27. The number of ketones is 2. The molecule has 0 radical (unpaired) electrons. The van der Waals surface area contributed by atoms with Gasteiger partial charge in [0.05, 0.1) is 6.42 Å². The first-order valence-electron chi connectivity index (χ1n) is 12.3. The van der Waals surface area contributed by atoms with E-state index in [-0.39, 0.29) is 59.0 Å². The van der Waals surface area contributed by atoms with E-state index in [1.54, 1.807) is 0 Å². The number of rotatable bonds is 6. The van der Waals surface area contributed by atoms with E-state index in [1.165, 1.54) is 5.57 Å². The SMILES string of the molecule is C[C@H]1C[C@@]2(C)[C@@H](CC[C@]2(O)C(=O)COC(=O)CCC(=O)[O-])[C@@H]2CCC3=CC(=O)CC[C@]3(C)[C@H]21.[Na+]. The van der Waals surface area contributed by atoms with E-state index in [0.29, 0.717) is 31.1 Å². The molecule has 0 aliphatic heterocycles. The van der Waals surface area contributed by atoms with Gasteiger partial charge in [0.2, 0.25) is 5.78 Å². The minimum Gasteiger partial charge on any atom is -0.550 e. The number of aliphatic hydroxyl groups is 1. The molecular weight excluding hydrogens is 447 g/mol. The van der Waals surface area contributed by atoms with Crippen molar-refractivity contribution >= 4 is 23.5 Å². The maximum absolute atomic E-state index is 13.2. The number of aliphatic carboxylic acids is 1. The van der Waals surface area contributed by atoms with E-state index in [2.05, 4.69) is 13.8 Å². The second-order valence-corrected chi connectivity index (χ2v) is 11.3. The number of fused-ring (bicyclic) bond motifs is 5. The summed E-state index contributed by atoms with van der Waals surface area (Å²) in [5.41, 5.74) is -0.894. The van der Waals surface area contributed by atoms with Gasteiger partial charge in [0.1, 0.15) is 5.60 Å². The summed E-state index contributed by atoms with van der Waals surface area (Å²) in [4.78, 5) is 47.5. The van der Waals surface area contributed by atoms with Crippen LogP contribution in [0.4, 0.5) is 0 Å². The van der Waals surface area contributed by atoms with E-state index in [9.17, 15) is 29.4 Å². The first-order valence-corrected chi connectivity index (χ1v) is 12.3. The van der Waals surface area contributed by atoms with E-state index >= 15 is 0 Å². The molecule has 0 saturated heterocycles. The smallest absolute Gasteiger partial charge is 0.550 e. The quantitative estimate of drug-likeness (QED) is 0.386. The minimum absolute atomic E-state index is 0. The van der Waals surface area contributed by atoms with Crippen molar-refractivity contribution in [1.29, 1.82) is 0 Å². The summed E-state index contributed by atoms with van der Waals surface area (Å²) in [6.07, 6.45) is 6.18. The largest absolute Gasteiger partial charge is 1.00 e. The zero-order valence-corrected chi connectivity index (χ0v) is 22.9. The van der Waals surface area contributed by atoms with Gasteiger partial charge in [-0.3, -0.25) is 14.4 Å². The predicted octanol–water partition coefficient (Wildman–Crippen LogP) is -0.858. The molecule has 1 N–H and O–H groups in total. The average molecular weight is 483 g/mol. The van der Waals surface area contributed by atoms with Gasteiger partial charge in [0.15, 0.2) is 12.4 Å². The summed E-state index contributed by atoms with van der Waals surface area (Å²) < 4.78 is 5.01. The van der Waals surface area contributed by atoms with Gasteiger partial charge in [-0.05, 0) is 80.1 Å². The topological polar surface area (TPSA) is 121 Å². The number of ether oxygens (including phenoxy) is 1. The molecule has 0 heterocycles. The summed E-state index contributed by atoms with van der Waals surface area (Å²) in [6.45, 7) is 6.00. The van der Waals surface area contributed by atoms with Gasteiger partial charge < -0.3 is 19.7 Å². The van der Waals surface area contributed by atoms with Crippen molar-refractivity contribution in [3.8, 4) is 0 Å². The Labute approximate surface area is 223 Å². The Morgan fingerprint density at radius 2 is 1.85 bits per heavy atom. The first-order chi connectivity index (χ1) is 15.4. The van der Waals surface area contributed by atoms with Crippen molar-refractivity contribution in [3.63, 3.8) is 0 Å². The summed E-state index contributed by atoms with van der Waals surface area (Å²) >= 11 is 0. The molecule has 4 rings (SSSR count). The van der Waals surface area contributed by atoms with Gasteiger partial charge >= 0.3 is 35.5 Å². The number of carbonyl (C=O) groups excluding carboxylic acids is 4. The van der Waals surface area contributed by atoms with Crippen LogP contribution < -0.4 is 34.7 Å². The van der Waals surface area contributed by atoms with Gasteiger partial charge in [0.25, 0.3) is 0 Å². The summed E-state index contributed by atoms with van der Waals surface area (Å²) in [6, 6.07) is 0. The third kappa shape index (κ3) is 4.35. The summed E-state index contributed by atoms with van der Waals surface area (Å²) in [5, 5.41) is 22.2. The molecule has 34 heavy (non-hydrogen) atoms. The average Bonchev–Trinajstić information content (AvgIpc) is 3.02. The van der Waals surface area contributed by atoms with Crippen molar-refractivity contribution in [2.24, 2.45) is 34.5 Å². The van der Waals surface area contributed by atoms with Crippen LogP contribution in [0.2, 0.25) is 0 Å². The van der Waals surface area contributed by atoms with Crippen molar-refractivity contribution in [2.45, 2.75) is 84.2 Å². The van der Waals surface area contributed by atoms with Crippen molar-refractivity contribution in [1.82, 2.24) is 0 Å². The van der Waals surface area contributed by atoms with Crippen LogP contribution in [0.3, 0.4) is 0 Å². The third-order valence-corrected chi connectivity index (χ3v) is 9.72. The molecule has 7 atom stereocenters. The number of carboxylic acid groups (broad SMARTS) is 1. The monoisotopic (exact) mass is 482 g/mol. The molecule has 4 aliphatic rings. The van der Waals surface area contributed by atoms with E-state index in [1.807, 2.05) is 13.0 Å². The van der Waals surface area contributed by atoms with Crippen molar-refractivity contribution in [3.05, 3.63) is 11.6 Å². The fourth-order valence-electron chi connectivity index (χ4n) is 8.27. The Hall–Kier alpha value is -1.02. The van der Waals surface area contributed by atoms with Gasteiger partial charge in [-0.1, -0.05) is 26.3 Å². The van der Waals surface area contributed by atoms with E-state index < -0.39 is 41.8 Å². The van der Waals surface area contributed by atoms with Gasteiger partial charge in [-0.2, -0.15) is 0 Å². The molecule has 8 heteroatoms. The first kappa shape index (κ1) is 27.6. The molecule has 0 aromatic carbocycles. The molecule has 7 nitrogen and oxygen atoms in total. The molecule has 0 amide bonds. The minimum atomic E-state index is -1.56. The second kappa shape index (κ2) is 9.79. The third-order valence-electron chi connectivity index (χ3n) is 9.72. The Morgan fingerprint density at radius 3 is 2.53 bits per heavy atom. The van der Waals surface area contributed by atoms with Gasteiger partial charge in [0, 0.05) is 17.8 Å². The maximum atomic E-state index is 13.2. The molecule has 0 aromatic rings. The van der Waals surface area contributed by atoms with E-state index in [0.717, 1.165) is 25.7 Å². The Bertz CT molecular complexity index is 913. The van der Waals surface area contributed by atoms with Crippen LogP contribution in [0.5, 0.6) is 0 Å². The van der Waals surface area contributed by atoms with Crippen LogP contribution >= 0.6 is 0 Å². The van der Waals surface area contributed by atoms with E-state index in [4.69, 9.17) is 4.74 Å². The number of carboxylic acids is 1. The molecule has 0 bridgehead atoms. The molecule has 4 aliphatic carbocycles. The number of hydrogen-bond acceptors (Lipinski definition) is 7. The Morgan fingerprint density at radius 1 is 1.15 bits per heavy atom. The molecule has 3 saturated carbocycles. The Balaban J connectivity index is 0.00000324. The van der Waals surface area contributed by atoms with Crippen LogP contribution in [0, 0.1) is 34.5 Å². The molecule has 3 fully saturated rings. The fraction of sp³-hybridized carbons (Fsp3) is 0.769. The van der Waals surface area contributed by atoms with Gasteiger partial charge in [-0.25, -0.2) is 0 Å². The molecular formula is C26H35NaO7. The van der Waals surface area contributed by atoms with Crippen molar-refractivity contribution < 1.29 is 63.7 Å². The standard InChI is InChI=1S/C26H36O7.Na/c1-15-13-25(3)19(18-5-4-16-12-17(27)8-10-24(16,2)23(15)18)9-11-26(25,32)20(28)14-33-22(31)7-6-21(29)30;/h12,15,18-19,23,32H,4-11,13-14H2,1-3H3,(H,29,30);/q;+1/p-1/t15-,18-,19-,23-,24-,25-,26-;/m0./s1. The zero-order valence-electron chi connectivity index (χ0n) is 20.9. The molecule has 0 spiro atoms. The Kier molecular flexibility index (Phi) is 7.94. The summed E-state index contributed by atoms with van der Waals surface area (Å²) in [7, 11) is 0. The van der Waals surface area contributed by atoms with Crippen LogP contribution in [0.25, 0.3) is 0 Å². The van der Waals surface area contributed by atoms with Crippen LogP contribution in [0.1, 0.15) is 78.6 Å². The van der Waals surface area contributed by atoms with Crippen LogP contribution in [-0.4, -0.2) is 40.8 Å². The molecule has 182 valence electrons. The number of esters is 1. The number of allylic oxidation sites excluding steroid dienone is 1. The number of hydrogen-bond donors (Lipinski definition) is 1. The van der Waals surface area contributed by atoms with Gasteiger partial charge in [-0.15, -0.1) is 0 Å². The molecule has 0 aromatic heterocycles. The van der Waals surface area contributed by atoms with Crippen molar-refractivity contribution in [2.75, 3.05) is 6.61 Å². The summed E-state index contributed by atoms with van der Waals surface area (Å²) in [5.74, 6) is -1.13. The maximum Gasteiger partial charge on any atom is 1.00 e. The van der Waals surface area contributed by atoms with Crippen LogP contribution in [-0.2, 0) is 23.9 Å². The zero-order chi connectivity index (χ0) is 24.2. The number of Topliss-reactive ketones (excluding diaryl/α,β-unsaturated/α-hetero) is 1. The normalized spacial score (nSPS) is 40.7. The number of carbonyl (C=O) groups is 4. The second-order valence-electron chi connectivity index (χ2n) is 11.3.